The van der Waals surface area contributed by atoms with Gasteiger partial charge in [0.05, 0.1) is 15.8 Å². The van der Waals surface area contributed by atoms with Crippen molar-refractivity contribution in [3.05, 3.63) is 68.7 Å². The van der Waals surface area contributed by atoms with Crippen LogP contribution in [-0.4, -0.2) is 35.1 Å². The van der Waals surface area contributed by atoms with Crippen LogP contribution in [-0.2, 0) is 21.9 Å². The molecule has 0 unspecified atom stereocenters. The molecule has 2 amide bonds. The summed E-state index contributed by atoms with van der Waals surface area (Å²) in [5.41, 5.74) is 1.80. The first kappa shape index (κ1) is 25.9. The Morgan fingerprint density at radius 3 is 2.42 bits per heavy atom. The second-order valence-corrected chi connectivity index (χ2v) is 9.28. The lowest BCUT2D eigenvalue weighted by Gasteiger charge is -2.31. The van der Waals surface area contributed by atoms with E-state index in [0.717, 1.165) is 17.5 Å². The number of hydrogen-bond donors (Lipinski definition) is 1. The number of halogens is 3. The van der Waals surface area contributed by atoms with Gasteiger partial charge >= 0.3 is 0 Å². The molecule has 2 aromatic rings. The lowest BCUT2D eigenvalue weighted by molar-refractivity contribution is -0.139. The van der Waals surface area contributed by atoms with E-state index >= 15 is 0 Å². The van der Waals surface area contributed by atoms with Crippen LogP contribution in [0.2, 0.25) is 15.1 Å². The molecule has 0 aromatic heterocycles. The van der Waals surface area contributed by atoms with Crippen LogP contribution >= 0.6 is 46.6 Å². The lowest BCUT2D eigenvalue weighted by atomic mass is 10.1. The summed E-state index contributed by atoms with van der Waals surface area (Å²) in [6, 6.07) is 12.3. The van der Waals surface area contributed by atoms with Gasteiger partial charge in [-0.05, 0) is 42.2 Å². The Kier molecular flexibility index (Phi) is 11.0. The first-order valence-electron chi connectivity index (χ1n) is 10.2. The number of thioether (sulfide) groups is 1. The first-order chi connectivity index (χ1) is 14.9. The van der Waals surface area contributed by atoms with Crippen LogP contribution in [0.3, 0.4) is 0 Å². The second kappa shape index (κ2) is 13.2. The fourth-order valence-corrected chi connectivity index (χ4v) is 4.44. The molecule has 0 spiro atoms. The number of nitrogens with zero attached hydrogens (tertiary/aromatic N) is 1. The van der Waals surface area contributed by atoms with Crippen LogP contribution in [0.4, 0.5) is 0 Å². The van der Waals surface area contributed by atoms with Crippen LogP contribution in [0.15, 0.2) is 42.5 Å². The Labute approximate surface area is 203 Å². The molecular formula is C23H27Cl3N2O2S. The molecule has 2 rings (SSSR count). The van der Waals surface area contributed by atoms with Crippen LogP contribution in [0.5, 0.6) is 0 Å². The second-order valence-electron chi connectivity index (χ2n) is 7.07. The largest absolute Gasteiger partial charge is 0.354 e. The average molecular weight is 502 g/mol. The molecule has 1 atom stereocenters. The highest BCUT2D eigenvalue weighted by atomic mass is 35.5. The van der Waals surface area contributed by atoms with E-state index in [1.165, 1.54) is 11.8 Å². The summed E-state index contributed by atoms with van der Waals surface area (Å²) in [5.74, 6) is 0.603. The molecule has 0 aliphatic rings. The van der Waals surface area contributed by atoms with Crippen LogP contribution in [0.25, 0.3) is 0 Å². The fraction of sp³-hybridized carbons (Fsp3) is 0.391. The molecule has 8 heteroatoms. The van der Waals surface area contributed by atoms with E-state index in [-0.39, 0.29) is 24.1 Å². The summed E-state index contributed by atoms with van der Waals surface area (Å²) in [6.07, 6.45) is 1.35. The minimum atomic E-state index is -0.555. The zero-order valence-corrected chi connectivity index (χ0v) is 20.8. The summed E-state index contributed by atoms with van der Waals surface area (Å²) in [4.78, 5) is 27.6. The molecule has 31 heavy (non-hydrogen) atoms. The van der Waals surface area contributed by atoms with Gasteiger partial charge in [-0.15, -0.1) is 11.8 Å². The van der Waals surface area contributed by atoms with Gasteiger partial charge in [0, 0.05) is 23.9 Å². The molecule has 168 valence electrons. The van der Waals surface area contributed by atoms with E-state index in [9.17, 15) is 9.59 Å². The molecular weight excluding hydrogens is 475 g/mol. The number of carbonyl (C=O) groups excluding carboxylic acids is 2. The highest BCUT2D eigenvalue weighted by Gasteiger charge is 2.28. The number of nitrogens with one attached hydrogen (secondary N) is 1. The van der Waals surface area contributed by atoms with Crippen LogP contribution in [0, 0.1) is 0 Å². The Morgan fingerprint density at radius 2 is 1.77 bits per heavy atom. The van der Waals surface area contributed by atoms with Crippen LogP contribution < -0.4 is 5.32 Å². The molecule has 0 aliphatic heterocycles. The van der Waals surface area contributed by atoms with E-state index in [0.29, 0.717) is 33.8 Å². The minimum Gasteiger partial charge on any atom is -0.354 e. The molecule has 0 fully saturated rings. The molecule has 0 radical (unpaired) electrons. The van der Waals surface area contributed by atoms with Gasteiger partial charge in [0.15, 0.2) is 0 Å². The molecule has 0 heterocycles. The van der Waals surface area contributed by atoms with Crippen molar-refractivity contribution in [3.8, 4) is 0 Å². The minimum absolute atomic E-state index is 0.108. The van der Waals surface area contributed by atoms with E-state index in [2.05, 4.69) is 5.32 Å². The Bertz CT molecular complexity index is 895. The van der Waals surface area contributed by atoms with Gasteiger partial charge in [-0.2, -0.15) is 0 Å². The molecule has 2 aromatic carbocycles. The number of rotatable bonds is 11. The molecule has 0 aliphatic carbocycles. The average Bonchev–Trinajstić information content (AvgIpc) is 2.75. The normalized spacial score (nSPS) is 11.8. The van der Waals surface area contributed by atoms with Crippen molar-refractivity contribution in [2.45, 2.75) is 45.0 Å². The molecule has 0 saturated carbocycles. The van der Waals surface area contributed by atoms with Crippen molar-refractivity contribution in [1.29, 1.82) is 0 Å². The monoisotopic (exact) mass is 500 g/mol. The summed E-state index contributed by atoms with van der Waals surface area (Å²) >= 11 is 19.8. The van der Waals surface area contributed by atoms with Crippen molar-refractivity contribution < 1.29 is 9.59 Å². The molecule has 4 nitrogen and oxygen atoms in total. The van der Waals surface area contributed by atoms with Crippen molar-refractivity contribution in [2.75, 3.05) is 12.3 Å². The maximum Gasteiger partial charge on any atom is 0.242 e. The summed E-state index contributed by atoms with van der Waals surface area (Å²) < 4.78 is 0. The topological polar surface area (TPSA) is 49.4 Å². The number of benzene rings is 2. The third-order valence-electron chi connectivity index (χ3n) is 4.71. The standard InChI is InChI=1S/C23H27Cl3N2O2S/c1-3-11-27-23(30)21(4-2)28(13-17-7-5-6-8-18(17)24)22(29)15-31-14-16-9-10-19(25)20(26)12-16/h5-10,12,21H,3-4,11,13-15H2,1-2H3,(H,27,30)/t21-/m0/s1. The van der Waals surface area contributed by atoms with Gasteiger partial charge in [0.25, 0.3) is 0 Å². The quantitative estimate of drug-likeness (QED) is 0.398. The van der Waals surface area contributed by atoms with E-state index < -0.39 is 6.04 Å². The van der Waals surface area contributed by atoms with E-state index in [4.69, 9.17) is 34.8 Å². The van der Waals surface area contributed by atoms with Crippen molar-refractivity contribution in [2.24, 2.45) is 0 Å². The Morgan fingerprint density at radius 1 is 1.03 bits per heavy atom. The lowest BCUT2D eigenvalue weighted by Crippen LogP contribution is -2.49. The molecule has 1 N–H and O–H groups in total. The Balaban J connectivity index is 2.13. The third kappa shape index (κ3) is 7.90. The van der Waals surface area contributed by atoms with Gasteiger partial charge < -0.3 is 10.2 Å². The van der Waals surface area contributed by atoms with Gasteiger partial charge in [0.2, 0.25) is 11.8 Å². The SMILES string of the molecule is CCCNC(=O)[C@H](CC)N(Cc1ccccc1Cl)C(=O)CSCc1ccc(Cl)c(Cl)c1. The van der Waals surface area contributed by atoms with Gasteiger partial charge in [-0.25, -0.2) is 0 Å². The number of amides is 2. The van der Waals surface area contributed by atoms with Crippen molar-refractivity contribution in [1.82, 2.24) is 10.2 Å². The zero-order valence-electron chi connectivity index (χ0n) is 17.7. The predicted molar refractivity (Wildman–Crippen MR) is 132 cm³/mol. The summed E-state index contributed by atoms with van der Waals surface area (Å²) in [7, 11) is 0. The van der Waals surface area contributed by atoms with E-state index in [1.807, 2.05) is 38.1 Å². The number of carbonyl (C=O) groups is 2. The summed E-state index contributed by atoms with van der Waals surface area (Å²) in [5, 5.41) is 4.48. The predicted octanol–water partition coefficient (Wildman–Crippen LogP) is 6.21. The molecule has 0 saturated heterocycles. The Hall–Kier alpha value is -1.40. The van der Waals surface area contributed by atoms with Crippen molar-refractivity contribution >= 4 is 58.4 Å². The maximum atomic E-state index is 13.2. The first-order valence-corrected chi connectivity index (χ1v) is 12.5. The number of hydrogen-bond acceptors (Lipinski definition) is 3. The van der Waals surface area contributed by atoms with E-state index in [1.54, 1.807) is 23.1 Å². The van der Waals surface area contributed by atoms with Gasteiger partial charge in [0.1, 0.15) is 6.04 Å². The third-order valence-corrected chi connectivity index (χ3v) is 6.81. The van der Waals surface area contributed by atoms with Crippen molar-refractivity contribution in [3.63, 3.8) is 0 Å². The highest BCUT2D eigenvalue weighted by Crippen LogP contribution is 2.25. The fourth-order valence-electron chi connectivity index (χ4n) is 3.06. The van der Waals surface area contributed by atoms with Gasteiger partial charge in [-0.3, -0.25) is 9.59 Å². The highest BCUT2D eigenvalue weighted by molar-refractivity contribution is 7.99. The summed E-state index contributed by atoms with van der Waals surface area (Å²) in [6.45, 7) is 4.76. The molecule has 0 bridgehead atoms. The van der Waals surface area contributed by atoms with Crippen LogP contribution in [0.1, 0.15) is 37.8 Å². The smallest absolute Gasteiger partial charge is 0.242 e. The van der Waals surface area contributed by atoms with Gasteiger partial charge in [-0.1, -0.05) is 72.9 Å². The maximum absolute atomic E-state index is 13.2. The zero-order chi connectivity index (χ0) is 22.8.